The summed E-state index contributed by atoms with van der Waals surface area (Å²) < 4.78 is 12.8. The van der Waals surface area contributed by atoms with Crippen molar-refractivity contribution in [2.45, 2.75) is 25.4 Å². The molecule has 1 amide bonds. The molecular weight excluding hydrogens is 237 g/mol. The van der Waals surface area contributed by atoms with Crippen molar-refractivity contribution in [2.24, 2.45) is 5.92 Å². The molecule has 4 nitrogen and oxygen atoms in total. The number of aromatic hydroxyl groups is 1. The second-order valence-electron chi connectivity index (χ2n) is 4.63. The van der Waals surface area contributed by atoms with Gasteiger partial charge in [0.05, 0.1) is 11.7 Å². The maximum Gasteiger partial charge on any atom is 0.255 e. The first-order valence-corrected chi connectivity index (χ1v) is 6.02. The van der Waals surface area contributed by atoms with Crippen molar-refractivity contribution < 1.29 is 19.4 Å². The molecule has 2 unspecified atom stereocenters. The van der Waals surface area contributed by atoms with Crippen LogP contribution < -0.4 is 5.32 Å². The minimum absolute atomic E-state index is 0.0453. The van der Waals surface area contributed by atoms with Gasteiger partial charge in [0.1, 0.15) is 11.6 Å². The predicted octanol–water partition coefficient (Wildman–Crippen LogP) is 1.42. The summed E-state index contributed by atoms with van der Waals surface area (Å²) in [6.07, 6.45) is 2.25. The topological polar surface area (TPSA) is 69.6 Å². The van der Waals surface area contributed by atoms with Crippen LogP contribution in [0.4, 0.5) is 4.39 Å². The van der Waals surface area contributed by atoms with Gasteiger partial charge in [0.2, 0.25) is 0 Å². The van der Waals surface area contributed by atoms with E-state index in [0.29, 0.717) is 6.54 Å². The zero-order chi connectivity index (χ0) is 13.1. The number of aliphatic hydroxyl groups excluding tert-OH is 1. The first-order chi connectivity index (χ1) is 8.58. The lowest BCUT2D eigenvalue weighted by Crippen LogP contribution is -2.32. The van der Waals surface area contributed by atoms with Crippen molar-refractivity contribution in [2.75, 3.05) is 6.54 Å². The number of carbonyl (C=O) groups is 1. The van der Waals surface area contributed by atoms with E-state index in [2.05, 4.69) is 5.32 Å². The van der Waals surface area contributed by atoms with Gasteiger partial charge in [-0.05, 0) is 25.0 Å². The molecule has 0 heterocycles. The van der Waals surface area contributed by atoms with Crippen molar-refractivity contribution in [1.29, 1.82) is 0 Å². The Hall–Kier alpha value is -1.62. The van der Waals surface area contributed by atoms with Gasteiger partial charge in [0.25, 0.3) is 5.91 Å². The number of hydrogen-bond donors (Lipinski definition) is 3. The fourth-order valence-corrected chi connectivity index (χ4v) is 2.27. The molecule has 18 heavy (non-hydrogen) atoms. The molecule has 0 aromatic heterocycles. The molecule has 1 fully saturated rings. The Bertz CT molecular complexity index is 450. The molecule has 3 N–H and O–H groups in total. The Kier molecular flexibility index (Phi) is 3.81. The van der Waals surface area contributed by atoms with E-state index in [1.165, 1.54) is 6.07 Å². The number of phenolic OH excluding ortho intramolecular Hbond substituents is 1. The lowest BCUT2D eigenvalue weighted by Gasteiger charge is -2.15. The molecule has 0 radical (unpaired) electrons. The minimum atomic E-state index is -0.588. The van der Waals surface area contributed by atoms with Gasteiger partial charge in [-0.3, -0.25) is 4.79 Å². The van der Waals surface area contributed by atoms with Crippen molar-refractivity contribution in [3.8, 4) is 5.75 Å². The Labute approximate surface area is 104 Å². The van der Waals surface area contributed by atoms with Gasteiger partial charge in [-0.1, -0.05) is 6.42 Å². The molecule has 5 heteroatoms. The van der Waals surface area contributed by atoms with Gasteiger partial charge in [0, 0.05) is 18.5 Å². The number of phenols is 1. The van der Waals surface area contributed by atoms with Crippen LogP contribution in [0.25, 0.3) is 0 Å². The fraction of sp³-hybridized carbons (Fsp3) is 0.462. The van der Waals surface area contributed by atoms with Crippen LogP contribution >= 0.6 is 0 Å². The maximum absolute atomic E-state index is 12.8. The Morgan fingerprint density at radius 2 is 2.22 bits per heavy atom. The zero-order valence-electron chi connectivity index (χ0n) is 9.90. The number of hydrogen-bond acceptors (Lipinski definition) is 3. The van der Waals surface area contributed by atoms with Gasteiger partial charge in [-0.25, -0.2) is 4.39 Å². The Morgan fingerprint density at radius 3 is 2.83 bits per heavy atom. The quantitative estimate of drug-likeness (QED) is 0.763. The van der Waals surface area contributed by atoms with Gasteiger partial charge in [-0.2, -0.15) is 0 Å². The first-order valence-electron chi connectivity index (χ1n) is 6.02. The molecule has 98 valence electrons. The lowest BCUT2D eigenvalue weighted by molar-refractivity contribution is 0.0914. The van der Waals surface area contributed by atoms with E-state index in [1.54, 1.807) is 0 Å². The van der Waals surface area contributed by atoms with Crippen LogP contribution in [0.3, 0.4) is 0 Å². The summed E-state index contributed by atoms with van der Waals surface area (Å²) in [4.78, 5) is 11.8. The normalized spacial score (nSPS) is 23.0. The molecule has 1 aliphatic carbocycles. The second kappa shape index (κ2) is 5.35. The number of carbonyl (C=O) groups excluding carboxylic acids is 1. The molecule has 0 bridgehead atoms. The number of halogens is 1. The standard InChI is InChI=1S/C13H16FNO3/c14-9-4-5-10(12(17)6-9)13(18)15-7-8-2-1-3-11(8)16/h4-6,8,11,16-17H,1-3,7H2,(H,15,18). The van der Waals surface area contributed by atoms with Crippen molar-refractivity contribution in [3.05, 3.63) is 29.6 Å². The number of nitrogens with one attached hydrogen (secondary N) is 1. The Morgan fingerprint density at radius 1 is 1.44 bits per heavy atom. The van der Waals surface area contributed by atoms with Crippen LogP contribution in [0.5, 0.6) is 5.75 Å². The summed E-state index contributed by atoms with van der Waals surface area (Å²) in [6, 6.07) is 3.27. The number of rotatable bonds is 3. The Balaban J connectivity index is 1.95. The number of benzene rings is 1. The van der Waals surface area contributed by atoms with Crippen LogP contribution in [0.2, 0.25) is 0 Å². The fourth-order valence-electron chi connectivity index (χ4n) is 2.27. The van der Waals surface area contributed by atoms with E-state index in [0.717, 1.165) is 31.4 Å². The van der Waals surface area contributed by atoms with Crippen molar-refractivity contribution >= 4 is 5.91 Å². The molecule has 0 aliphatic heterocycles. The highest BCUT2D eigenvalue weighted by Gasteiger charge is 2.25. The molecule has 0 saturated heterocycles. The minimum Gasteiger partial charge on any atom is -0.507 e. The van der Waals surface area contributed by atoms with E-state index in [-0.39, 0.29) is 23.3 Å². The summed E-state index contributed by atoms with van der Waals surface area (Å²) >= 11 is 0. The van der Waals surface area contributed by atoms with E-state index in [1.807, 2.05) is 0 Å². The molecule has 0 spiro atoms. The highest BCUT2D eigenvalue weighted by Crippen LogP contribution is 2.25. The lowest BCUT2D eigenvalue weighted by atomic mass is 10.1. The first kappa shape index (κ1) is 12.8. The average Bonchev–Trinajstić information content (AvgIpc) is 2.72. The molecule has 1 saturated carbocycles. The van der Waals surface area contributed by atoms with Crippen molar-refractivity contribution in [3.63, 3.8) is 0 Å². The van der Waals surface area contributed by atoms with Crippen LogP contribution in [0, 0.1) is 11.7 Å². The average molecular weight is 253 g/mol. The molecule has 1 aliphatic rings. The van der Waals surface area contributed by atoms with Crippen LogP contribution in [-0.4, -0.2) is 28.8 Å². The van der Waals surface area contributed by atoms with E-state index < -0.39 is 11.7 Å². The summed E-state index contributed by atoms with van der Waals surface area (Å²) in [6.45, 7) is 0.372. The molecule has 1 aromatic rings. The molecule has 1 aromatic carbocycles. The smallest absolute Gasteiger partial charge is 0.255 e. The van der Waals surface area contributed by atoms with Crippen LogP contribution in [-0.2, 0) is 0 Å². The van der Waals surface area contributed by atoms with Gasteiger partial charge in [-0.15, -0.1) is 0 Å². The van der Waals surface area contributed by atoms with Crippen molar-refractivity contribution in [1.82, 2.24) is 5.32 Å². The summed E-state index contributed by atoms with van der Waals surface area (Å²) in [5.74, 6) is -1.35. The van der Waals surface area contributed by atoms with Gasteiger partial charge < -0.3 is 15.5 Å². The second-order valence-corrected chi connectivity index (χ2v) is 4.63. The molecular formula is C13H16FNO3. The van der Waals surface area contributed by atoms with E-state index in [4.69, 9.17) is 0 Å². The third-order valence-corrected chi connectivity index (χ3v) is 3.35. The van der Waals surface area contributed by atoms with Gasteiger partial charge >= 0.3 is 0 Å². The number of amides is 1. The molecule has 2 atom stereocenters. The summed E-state index contributed by atoms with van der Waals surface area (Å²) in [5.41, 5.74) is 0.0453. The zero-order valence-corrected chi connectivity index (χ0v) is 9.90. The highest BCUT2D eigenvalue weighted by molar-refractivity contribution is 5.96. The third-order valence-electron chi connectivity index (χ3n) is 3.35. The summed E-state index contributed by atoms with van der Waals surface area (Å²) in [7, 11) is 0. The van der Waals surface area contributed by atoms with Crippen LogP contribution in [0.15, 0.2) is 18.2 Å². The summed E-state index contributed by atoms with van der Waals surface area (Å²) in [5, 5.41) is 21.7. The largest absolute Gasteiger partial charge is 0.507 e. The van der Waals surface area contributed by atoms with Gasteiger partial charge in [0.15, 0.2) is 0 Å². The molecule has 2 rings (SSSR count). The SMILES string of the molecule is O=C(NCC1CCCC1O)c1ccc(F)cc1O. The highest BCUT2D eigenvalue weighted by atomic mass is 19.1. The number of aliphatic hydroxyl groups is 1. The third kappa shape index (κ3) is 2.79. The van der Waals surface area contributed by atoms with E-state index in [9.17, 15) is 19.4 Å². The monoisotopic (exact) mass is 253 g/mol. The maximum atomic E-state index is 12.8. The van der Waals surface area contributed by atoms with E-state index >= 15 is 0 Å². The predicted molar refractivity (Wildman–Crippen MR) is 63.7 cm³/mol. The van der Waals surface area contributed by atoms with Crippen LogP contribution in [0.1, 0.15) is 29.6 Å².